The van der Waals surface area contributed by atoms with Gasteiger partial charge in [-0.1, -0.05) is 0 Å². The Morgan fingerprint density at radius 3 is 2.81 bits per heavy atom. The minimum Gasteiger partial charge on any atom is -0.381 e. The molecule has 114 valence electrons. The zero-order valence-corrected chi connectivity index (χ0v) is 12.5. The van der Waals surface area contributed by atoms with E-state index in [2.05, 4.69) is 16.1 Å². The van der Waals surface area contributed by atoms with Gasteiger partial charge in [0.15, 0.2) is 0 Å². The smallest absolute Gasteiger partial charge is 0.268 e. The lowest BCUT2D eigenvalue weighted by molar-refractivity contribution is 0.0819. The Hall–Kier alpha value is -1.87. The van der Waals surface area contributed by atoms with Crippen molar-refractivity contribution in [3.63, 3.8) is 0 Å². The standard InChI is InChI=1S/C15H22N4O2/c1-21-14-5-9-18(10-6-14)13-11-15(20)19(17-12-13)8-4-2-3-7-16/h11-12,14H,2-6,8-10H2,1H3. The van der Waals surface area contributed by atoms with Crippen LogP contribution in [0.25, 0.3) is 0 Å². The molecule has 2 heterocycles. The van der Waals surface area contributed by atoms with Gasteiger partial charge in [0.05, 0.1) is 24.1 Å². The van der Waals surface area contributed by atoms with Gasteiger partial charge in [0.25, 0.3) is 5.56 Å². The minimum atomic E-state index is -0.0710. The third kappa shape index (κ3) is 4.30. The van der Waals surface area contributed by atoms with Crippen LogP contribution < -0.4 is 10.5 Å². The van der Waals surface area contributed by atoms with E-state index in [1.807, 2.05) is 0 Å². The largest absolute Gasteiger partial charge is 0.381 e. The lowest BCUT2D eigenvalue weighted by Gasteiger charge is -2.32. The molecule has 0 saturated carbocycles. The van der Waals surface area contributed by atoms with Crippen molar-refractivity contribution in [2.24, 2.45) is 0 Å². The van der Waals surface area contributed by atoms with Crippen molar-refractivity contribution < 1.29 is 4.74 Å². The van der Waals surface area contributed by atoms with Crippen molar-refractivity contribution in [2.75, 3.05) is 25.1 Å². The fourth-order valence-electron chi connectivity index (χ4n) is 2.58. The van der Waals surface area contributed by atoms with Gasteiger partial charge >= 0.3 is 0 Å². The Balaban J connectivity index is 1.93. The molecule has 0 aliphatic carbocycles. The van der Waals surface area contributed by atoms with Gasteiger partial charge in [0, 0.05) is 39.2 Å². The number of aromatic nitrogens is 2. The van der Waals surface area contributed by atoms with Crippen molar-refractivity contribution in [2.45, 2.75) is 44.8 Å². The fraction of sp³-hybridized carbons (Fsp3) is 0.667. The second kappa shape index (κ2) is 7.79. The van der Waals surface area contributed by atoms with Crippen molar-refractivity contribution in [3.05, 3.63) is 22.6 Å². The number of anilines is 1. The monoisotopic (exact) mass is 290 g/mol. The van der Waals surface area contributed by atoms with Gasteiger partial charge in [0.2, 0.25) is 0 Å². The molecule has 0 bridgehead atoms. The van der Waals surface area contributed by atoms with Gasteiger partial charge in [-0.3, -0.25) is 4.79 Å². The number of unbranched alkanes of at least 4 members (excludes halogenated alkanes) is 2. The highest BCUT2D eigenvalue weighted by molar-refractivity contribution is 5.43. The highest BCUT2D eigenvalue weighted by atomic mass is 16.5. The Labute approximate surface area is 124 Å². The molecule has 0 amide bonds. The van der Waals surface area contributed by atoms with Crippen LogP contribution in [0.15, 0.2) is 17.1 Å². The number of methoxy groups -OCH3 is 1. The molecule has 1 aliphatic heterocycles. The molecule has 1 fully saturated rings. The first kappa shape index (κ1) is 15.5. The first-order valence-corrected chi connectivity index (χ1v) is 7.46. The van der Waals surface area contributed by atoms with Crippen molar-refractivity contribution in [1.29, 1.82) is 5.26 Å². The van der Waals surface area contributed by atoms with Crippen LogP contribution in [0.4, 0.5) is 5.69 Å². The van der Waals surface area contributed by atoms with E-state index in [9.17, 15) is 4.79 Å². The molecular weight excluding hydrogens is 268 g/mol. The van der Waals surface area contributed by atoms with E-state index in [4.69, 9.17) is 10.00 Å². The molecule has 1 aromatic heterocycles. The van der Waals surface area contributed by atoms with E-state index >= 15 is 0 Å². The molecule has 6 heteroatoms. The Bertz CT molecular complexity index is 541. The number of hydrogen-bond donors (Lipinski definition) is 0. The fourth-order valence-corrected chi connectivity index (χ4v) is 2.58. The van der Waals surface area contributed by atoms with Gasteiger partial charge in [-0.2, -0.15) is 10.4 Å². The normalized spacial score (nSPS) is 15.9. The average molecular weight is 290 g/mol. The third-order valence-corrected chi connectivity index (χ3v) is 3.90. The molecule has 21 heavy (non-hydrogen) atoms. The summed E-state index contributed by atoms with van der Waals surface area (Å²) in [5.41, 5.74) is 0.821. The van der Waals surface area contributed by atoms with Crippen LogP contribution in [-0.4, -0.2) is 36.1 Å². The molecule has 0 N–H and O–H groups in total. The number of hydrogen-bond acceptors (Lipinski definition) is 5. The summed E-state index contributed by atoms with van der Waals surface area (Å²) in [6, 6.07) is 3.76. The van der Waals surface area contributed by atoms with E-state index in [0.29, 0.717) is 19.1 Å². The molecule has 1 aromatic rings. The number of rotatable bonds is 6. The molecule has 0 radical (unpaired) electrons. The zero-order valence-electron chi connectivity index (χ0n) is 12.5. The summed E-state index contributed by atoms with van der Waals surface area (Å²) in [6.45, 7) is 2.37. The summed E-state index contributed by atoms with van der Waals surface area (Å²) >= 11 is 0. The third-order valence-electron chi connectivity index (χ3n) is 3.90. The van der Waals surface area contributed by atoms with Crippen LogP contribution in [0.1, 0.15) is 32.1 Å². The summed E-state index contributed by atoms with van der Waals surface area (Å²) < 4.78 is 6.83. The molecule has 1 saturated heterocycles. The quantitative estimate of drug-likeness (QED) is 0.743. The summed E-state index contributed by atoms with van der Waals surface area (Å²) in [4.78, 5) is 14.2. The maximum absolute atomic E-state index is 12.1. The van der Waals surface area contributed by atoms with Crippen molar-refractivity contribution >= 4 is 5.69 Å². The second-order valence-electron chi connectivity index (χ2n) is 5.31. The first-order chi connectivity index (χ1) is 10.2. The van der Waals surface area contributed by atoms with Crippen molar-refractivity contribution in [3.8, 4) is 6.07 Å². The summed E-state index contributed by atoms with van der Waals surface area (Å²) in [5.74, 6) is 0. The van der Waals surface area contributed by atoms with E-state index in [0.717, 1.165) is 44.5 Å². The van der Waals surface area contributed by atoms with Crippen molar-refractivity contribution in [1.82, 2.24) is 9.78 Å². The predicted molar refractivity (Wildman–Crippen MR) is 80.2 cm³/mol. The number of ether oxygens (including phenoxy) is 1. The Morgan fingerprint density at radius 2 is 2.19 bits per heavy atom. The predicted octanol–water partition coefficient (Wildman–Crippen LogP) is 1.55. The molecule has 0 spiro atoms. The SMILES string of the molecule is COC1CCN(c2cnn(CCCCC#N)c(=O)c2)CC1. The maximum atomic E-state index is 12.1. The summed E-state index contributed by atoms with van der Waals surface area (Å²) in [6.07, 6.45) is 6.19. The highest BCUT2D eigenvalue weighted by Gasteiger charge is 2.19. The molecule has 0 aromatic carbocycles. The van der Waals surface area contributed by atoms with Gasteiger partial charge in [-0.15, -0.1) is 0 Å². The first-order valence-electron chi connectivity index (χ1n) is 7.46. The van der Waals surface area contributed by atoms with Gasteiger partial charge in [-0.05, 0) is 25.7 Å². The Kier molecular flexibility index (Phi) is 5.76. The Morgan fingerprint density at radius 1 is 1.43 bits per heavy atom. The lowest BCUT2D eigenvalue weighted by Crippen LogP contribution is -2.37. The number of aryl methyl sites for hydroxylation is 1. The highest BCUT2D eigenvalue weighted by Crippen LogP contribution is 2.18. The van der Waals surface area contributed by atoms with Crippen LogP contribution in [0.3, 0.4) is 0 Å². The average Bonchev–Trinajstić information content (AvgIpc) is 2.53. The van der Waals surface area contributed by atoms with Crippen LogP contribution in [-0.2, 0) is 11.3 Å². The molecule has 0 unspecified atom stereocenters. The molecule has 0 atom stereocenters. The van der Waals surface area contributed by atoms with Crippen LogP contribution >= 0.6 is 0 Å². The molecular formula is C15H22N4O2. The van der Waals surface area contributed by atoms with E-state index in [1.165, 1.54) is 4.68 Å². The summed E-state index contributed by atoms with van der Waals surface area (Å²) in [7, 11) is 1.75. The van der Waals surface area contributed by atoms with Gasteiger partial charge in [-0.25, -0.2) is 4.68 Å². The van der Waals surface area contributed by atoms with E-state index in [1.54, 1.807) is 19.4 Å². The summed E-state index contributed by atoms with van der Waals surface area (Å²) in [5, 5.41) is 12.7. The lowest BCUT2D eigenvalue weighted by atomic mass is 10.1. The number of nitrogens with zero attached hydrogens (tertiary/aromatic N) is 4. The molecule has 2 rings (SSSR count). The number of piperidine rings is 1. The van der Waals surface area contributed by atoms with Crippen LogP contribution in [0, 0.1) is 11.3 Å². The maximum Gasteiger partial charge on any atom is 0.268 e. The topological polar surface area (TPSA) is 71.2 Å². The second-order valence-corrected chi connectivity index (χ2v) is 5.31. The van der Waals surface area contributed by atoms with E-state index in [-0.39, 0.29) is 5.56 Å². The number of nitriles is 1. The van der Waals surface area contributed by atoms with Gasteiger partial charge in [0.1, 0.15) is 0 Å². The minimum absolute atomic E-state index is 0.0710. The molecule has 1 aliphatic rings. The van der Waals surface area contributed by atoms with E-state index < -0.39 is 0 Å². The van der Waals surface area contributed by atoms with Crippen LogP contribution in [0.5, 0.6) is 0 Å². The molecule has 6 nitrogen and oxygen atoms in total. The van der Waals surface area contributed by atoms with Crippen LogP contribution in [0.2, 0.25) is 0 Å². The van der Waals surface area contributed by atoms with Gasteiger partial charge < -0.3 is 9.64 Å². The zero-order chi connectivity index (χ0) is 15.1.